The number of rotatable bonds is 5. The summed E-state index contributed by atoms with van der Waals surface area (Å²) in [5.41, 5.74) is 2.08. The van der Waals surface area contributed by atoms with Gasteiger partial charge in [-0.3, -0.25) is 15.4 Å². The molecule has 0 aliphatic heterocycles. The second-order valence-corrected chi connectivity index (χ2v) is 4.92. The standard InChI is InChI=1S/C15H23N3O3/c1-9-6-7-13(21-5)12(8-9)10(2)17-11(3)14(19)18-15(20)16-4/h6-8,10-11,17H,1-5H3,(H2,16,18,19,20)/t10-,11-/m1/s1. The molecule has 0 aromatic heterocycles. The fourth-order valence-electron chi connectivity index (χ4n) is 2.02. The Morgan fingerprint density at radius 2 is 1.90 bits per heavy atom. The number of urea groups is 1. The van der Waals surface area contributed by atoms with Crippen LogP contribution in [0.25, 0.3) is 0 Å². The van der Waals surface area contributed by atoms with Gasteiger partial charge in [0.1, 0.15) is 5.75 Å². The van der Waals surface area contributed by atoms with E-state index in [0.717, 1.165) is 16.9 Å². The summed E-state index contributed by atoms with van der Waals surface area (Å²) in [5.74, 6) is 0.382. The highest BCUT2D eigenvalue weighted by atomic mass is 16.5. The van der Waals surface area contributed by atoms with Crippen LogP contribution in [-0.2, 0) is 4.79 Å². The first-order valence-electron chi connectivity index (χ1n) is 6.82. The highest BCUT2D eigenvalue weighted by molar-refractivity contribution is 5.96. The Hall–Kier alpha value is -2.08. The minimum Gasteiger partial charge on any atom is -0.496 e. The van der Waals surface area contributed by atoms with Gasteiger partial charge in [-0.2, -0.15) is 0 Å². The maximum absolute atomic E-state index is 11.8. The minimum absolute atomic E-state index is 0.0923. The average Bonchev–Trinajstić information content (AvgIpc) is 2.46. The third-order valence-electron chi connectivity index (χ3n) is 3.21. The maximum atomic E-state index is 11.8. The van der Waals surface area contributed by atoms with Crippen molar-refractivity contribution in [2.45, 2.75) is 32.9 Å². The summed E-state index contributed by atoms with van der Waals surface area (Å²) in [5, 5.41) is 7.74. The molecule has 0 spiro atoms. The number of carbonyl (C=O) groups is 2. The van der Waals surface area contributed by atoms with Gasteiger partial charge in [0.15, 0.2) is 0 Å². The molecule has 3 amide bonds. The molecule has 6 heteroatoms. The van der Waals surface area contributed by atoms with Crippen LogP contribution < -0.4 is 20.7 Å². The van der Waals surface area contributed by atoms with E-state index in [1.165, 1.54) is 7.05 Å². The van der Waals surface area contributed by atoms with Gasteiger partial charge in [0, 0.05) is 18.7 Å². The molecule has 1 rings (SSSR count). The van der Waals surface area contributed by atoms with Crippen LogP contribution in [0.2, 0.25) is 0 Å². The summed E-state index contributed by atoms with van der Waals surface area (Å²) >= 11 is 0. The second-order valence-electron chi connectivity index (χ2n) is 4.92. The van der Waals surface area contributed by atoms with E-state index in [1.54, 1.807) is 14.0 Å². The van der Waals surface area contributed by atoms with E-state index >= 15 is 0 Å². The van der Waals surface area contributed by atoms with Gasteiger partial charge in [0.25, 0.3) is 0 Å². The van der Waals surface area contributed by atoms with Crippen molar-refractivity contribution in [2.24, 2.45) is 0 Å². The molecule has 0 saturated heterocycles. The lowest BCUT2D eigenvalue weighted by Gasteiger charge is -2.21. The van der Waals surface area contributed by atoms with E-state index < -0.39 is 12.1 Å². The molecule has 1 aromatic carbocycles. The largest absolute Gasteiger partial charge is 0.496 e. The molecule has 0 saturated carbocycles. The van der Waals surface area contributed by atoms with Crippen LogP contribution >= 0.6 is 0 Å². The molecule has 0 heterocycles. The van der Waals surface area contributed by atoms with Gasteiger partial charge in [-0.25, -0.2) is 4.79 Å². The van der Waals surface area contributed by atoms with Gasteiger partial charge in [-0.15, -0.1) is 0 Å². The lowest BCUT2D eigenvalue weighted by atomic mass is 10.0. The van der Waals surface area contributed by atoms with Crippen molar-refractivity contribution in [1.82, 2.24) is 16.0 Å². The SMILES string of the molecule is CNC(=O)NC(=O)[C@@H](C)N[C@H](C)c1cc(C)ccc1OC. The molecule has 0 bridgehead atoms. The van der Waals surface area contributed by atoms with Crippen molar-refractivity contribution in [2.75, 3.05) is 14.2 Å². The molecule has 3 N–H and O–H groups in total. The maximum Gasteiger partial charge on any atom is 0.321 e. The zero-order valence-electron chi connectivity index (χ0n) is 13.1. The van der Waals surface area contributed by atoms with Crippen LogP contribution in [0.4, 0.5) is 4.79 Å². The number of benzene rings is 1. The fourth-order valence-corrected chi connectivity index (χ4v) is 2.02. The summed E-state index contributed by atoms with van der Waals surface area (Å²) in [4.78, 5) is 23.0. The van der Waals surface area contributed by atoms with Crippen LogP contribution in [0.5, 0.6) is 5.75 Å². The number of nitrogens with one attached hydrogen (secondary N) is 3. The molecule has 0 aliphatic rings. The van der Waals surface area contributed by atoms with Crippen molar-refractivity contribution >= 4 is 11.9 Å². The second kappa shape index (κ2) is 7.64. The minimum atomic E-state index is -0.519. The summed E-state index contributed by atoms with van der Waals surface area (Å²) in [6.45, 7) is 5.65. The Morgan fingerprint density at radius 1 is 1.24 bits per heavy atom. The predicted octanol–water partition coefficient (Wildman–Crippen LogP) is 1.50. The Labute approximate surface area is 125 Å². The normalized spacial score (nSPS) is 13.2. The van der Waals surface area contributed by atoms with Crippen molar-refractivity contribution in [3.63, 3.8) is 0 Å². The topological polar surface area (TPSA) is 79.5 Å². The van der Waals surface area contributed by atoms with E-state index in [4.69, 9.17) is 4.74 Å². The van der Waals surface area contributed by atoms with E-state index in [9.17, 15) is 9.59 Å². The van der Waals surface area contributed by atoms with Crippen molar-refractivity contribution < 1.29 is 14.3 Å². The van der Waals surface area contributed by atoms with Gasteiger partial charge >= 0.3 is 6.03 Å². The average molecular weight is 293 g/mol. The molecule has 21 heavy (non-hydrogen) atoms. The molecule has 1 aromatic rings. The van der Waals surface area contributed by atoms with Gasteiger partial charge in [0.2, 0.25) is 5.91 Å². The Morgan fingerprint density at radius 3 is 2.48 bits per heavy atom. The Bertz CT molecular complexity index is 517. The van der Waals surface area contributed by atoms with E-state index in [2.05, 4.69) is 16.0 Å². The lowest BCUT2D eigenvalue weighted by molar-refractivity contribution is -0.121. The number of imide groups is 1. The molecule has 6 nitrogen and oxygen atoms in total. The molecule has 0 fully saturated rings. The van der Waals surface area contributed by atoms with Crippen LogP contribution in [0.1, 0.15) is 31.0 Å². The Kier molecular flexibility index (Phi) is 6.17. The van der Waals surface area contributed by atoms with Gasteiger partial charge in [0.05, 0.1) is 13.2 Å². The third kappa shape index (κ3) is 4.75. The van der Waals surface area contributed by atoms with Crippen molar-refractivity contribution in [1.29, 1.82) is 0 Å². The zero-order chi connectivity index (χ0) is 16.0. The highest BCUT2D eigenvalue weighted by Gasteiger charge is 2.19. The number of hydrogen-bond acceptors (Lipinski definition) is 4. The van der Waals surface area contributed by atoms with E-state index in [0.29, 0.717) is 0 Å². The number of carbonyl (C=O) groups excluding carboxylic acids is 2. The predicted molar refractivity (Wildman–Crippen MR) is 81.3 cm³/mol. The number of aryl methyl sites for hydroxylation is 1. The lowest BCUT2D eigenvalue weighted by Crippen LogP contribution is -2.47. The molecule has 2 atom stereocenters. The molecule has 0 aliphatic carbocycles. The van der Waals surface area contributed by atoms with Gasteiger partial charge in [-0.1, -0.05) is 17.7 Å². The van der Waals surface area contributed by atoms with Crippen LogP contribution in [0, 0.1) is 6.92 Å². The van der Waals surface area contributed by atoms with Crippen molar-refractivity contribution in [3.05, 3.63) is 29.3 Å². The summed E-state index contributed by atoms with van der Waals surface area (Å²) < 4.78 is 5.34. The van der Waals surface area contributed by atoms with E-state index in [-0.39, 0.29) is 11.9 Å². The van der Waals surface area contributed by atoms with Crippen LogP contribution in [0.3, 0.4) is 0 Å². The summed E-state index contributed by atoms with van der Waals surface area (Å²) in [6, 6.07) is 4.76. The first-order valence-corrected chi connectivity index (χ1v) is 6.82. The van der Waals surface area contributed by atoms with Gasteiger partial charge < -0.3 is 10.1 Å². The molecule has 116 valence electrons. The smallest absolute Gasteiger partial charge is 0.321 e. The zero-order valence-corrected chi connectivity index (χ0v) is 13.1. The molecular weight excluding hydrogens is 270 g/mol. The number of ether oxygens (including phenoxy) is 1. The first-order chi connectivity index (χ1) is 9.88. The first kappa shape index (κ1) is 17.0. The number of methoxy groups -OCH3 is 1. The molecule has 0 radical (unpaired) electrons. The van der Waals surface area contributed by atoms with Crippen molar-refractivity contribution in [3.8, 4) is 5.75 Å². The summed E-state index contributed by atoms with van der Waals surface area (Å²) in [6.07, 6.45) is 0. The number of hydrogen-bond donors (Lipinski definition) is 3. The highest BCUT2D eigenvalue weighted by Crippen LogP contribution is 2.26. The van der Waals surface area contributed by atoms with Crippen LogP contribution in [0.15, 0.2) is 18.2 Å². The van der Waals surface area contributed by atoms with Gasteiger partial charge in [-0.05, 0) is 26.8 Å². The monoisotopic (exact) mass is 293 g/mol. The number of amides is 3. The molecule has 0 unspecified atom stereocenters. The van der Waals surface area contributed by atoms with E-state index in [1.807, 2.05) is 32.0 Å². The molecular formula is C15H23N3O3. The fraction of sp³-hybridized carbons (Fsp3) is 0.467. The third-order valence-corrected chi connectivity index (χ3v) is 3.21. The quantitative estimate of drug-likeness (QED) is 0.768. The van der Waals surface area contributed by atoms with Crippen LogP contribution in [-0.4, -0.2) is 32.1 Å². The summed E-state index contributed by atoms with van der Waals surface area (Å²) in [7, 11) is 3.07. The Balaban J connectivity index is 2.76.